The maximum Gasteiger partial charge on any atom is 0.199 e. The van der Waals surface area contributed by atoms with Crippen molar-refractivity contribution in [1.29, 1.82) is 0 Å². The van der Waals surface area contributed by atoms with E-state index in [0.29, 0.717) is 22.0 Å². The number of fused-ring (bicyclic) bond motifs is 3. The third-order valence-corrected chi connectivity index (χ3v) is 4.22. The van der Waals surface area contributed by atoms with Crippen molar-refractivity contribution in [3.63, 3.8) is 0 Å². The molecule has 0 saturated carbocycles. The van der Waals surface area contributed by atoms with E-state index in [1.807, 2.05) is 0 Å². The number of nitrogens with zero attached hydrogens (tertiary/aromatic N) is 6. The summed E-state index contributed by atoms with van der Waals surface area (Å²) in [5.74, 6) is 0.217. The highest BCUT2D eigenvalue weighted by atomic mass is 35.5. The molecular formula is C14H14ClFN6. The van der Waals surface area contributed by atoms with Crippen molar-refractivity contribution in [3.8, 4) is 0 Å². The van der Waals surface area contributed by atoms with Crippen LogP contribution in [0.3, 0.4) is 0 Å². The van der Waals surface area contributed by atoms with E-state index in [0.717, 1.165) is 26.2 Å². The lowest BCUT2D eigenvalue weighted by molar-refractivity contribution is 0.312. The topological polar surface area (TPSA) is 49.6 Å². The SMILES string of the molecule is CN1CCN(c2nc3c(F)cc(Cl)cc3n3ncnc23)CC1. The summed E-state index contributed by atoms with van der Waals surface area (Å²) in [6.07, 6.45) is 1.45. The highest BCUT2D eigenvalue weighted by molar-refractivity contribution is 6.31. The minimum Gasteiger partial charge on any atom is -0.351 e. The maximum atomic E-state index is 14.3. The Bertz CT molecular complexity index is 855. The van der Waals surface area contributed by atoms with Crippen LogP contribution in [0.2, 0.25) is 5.02 Å². The Hall–Kier alpha value is -1.99. The molecule has 1 saturated heterocycles. The van der Waals surface area contributed by atoms with Gasteiger partial charge < -0.3 is 9.80 Å². The van der Waals surface area contributed by atoms with Crippen LogP contribution >= 0.6 is 11.6 Å². The van der Waals surface area contributed by atoms with E-state index in [4.69, 9.17) is 11.6 Å². The Balaban J connectivity index is 1.95. The molecule has 8 heteroatoms. The molecule has 0 amide bonds. The normalized spacial score (nSPS) is 16.8. The van der Waals surface area contributed by atoms with Crippen LogP contribution in [-0.2, 0) is 0 Å². The monoisotopic (exact) mass is 320 g/mol. The Labute approximate surface area is 131 Å². The molecule has 1 aromatic carbocycles. The van der Waals surface area contributed by atoms with Gasteiger partial charge in [-0.05, 0) is 19.2 Å². The number of hydrogen-bond acceptors (Lipinski definition) is 5. The third-order valence-electron chi connectivity index (χ3n) is 4.00. The predicted octanol–water partition coefficient (Wildman–Crippen LogP) is 1.82. The summed E-state index contributed by atoms with van der Waals surface area (Å²) >= 11 is 5.95. The lowest BCUT2D eigenvalue weighted by Crippen LogP contribution is -2.45. The molecule has 1 aliphatic rings. The van der Waals surface area contributed by atoms with Gasteiger partial charge in [-0.25, -0.2) is 18.9 Å². The first kappa shape index (κ1) is 13.7. The number of piperazine rings is 1. The van der Waals surface area contributed by atoms with Gasteiger partial charge in [-0.2, -0.15) is 5.10 Å². The van der Waals surface area contributed by atoms with Gasteiger partial charge in [0.15, 0.2) is 17.3 Å². The van der Waals surface area contributed by atoms with E-state index in [-0.39, 0.29) is 5.52 Å². The summed E-state index contributed by atoms with van der Waals surface area (Å²) in [5, 5.41) is 4.52. The lowest BCUT2D eigenvalue weighted by Gasteiger charge is -2.33. The molecular weight excluding hydrogens is 307 g/mol. The van der Waals surface area contributed by atoms with Gasteiger partial charge in [-0.1, -0.05) is 11.6 Å². The quantitative estimate of drug-likeness (QED) is 0.684. The Morgan fingerprint density at radius 3 is 2.73 bits per heavy atom. The van der Waals surface area contributed by atoms with Crippen LogP contribution in [0.15, 0.2) is 18.5 Å². The predicted molar refractivity (Wildman–Crippen MR) is 83.0 cm³/mol. The fourth-order valence-electron chi connectivity index (χ4n) is 2.78. The highest BCUT2D eigenvalue weighted by Gasteiger charge is 2.21. The van der Waals surface area contributed by atoms with Crippen molar-refractivity contribution in [2.24, 2.45) is 0 Å². The molecule has 0 spiro atoms. The number of benzene rings is 1. The van der Waals surface area contributed by atoms with Crippen LogP contribution in [0.25, 0.3) is 16.7 Å². The Morgan fingerprint density at radius 2 is 1.95 bits per heavy atom. The summed E-state index contributed by atoms with van der Waals surface area (Å²) in [6, 6.07) is 2.93. The standard InChI is InChI=1S/C14H14ClFN6/c1-20-2-4-21(5-3-20)14-13-17-8-18-22(13)11-7-9(15)6-10(16)12(11)19-14/h6-8H,2-5H2,1H3. The third kappa shape index (κ3) is 2.08. The van der Waals surface area contributed by atoms with Gasteiger partial charge >= 0.3 is 0 Å². The van der Waals surface area contributed by atoms with Gasteiger partial charge in [-0.3, -0.25) is 0 Å². The van der Waals surface area contributed by atoms with Crippen molar-refractivity contribution < 1.29 is 4.39 Å². The molecule has 4 rings (SSSR count). The molecule has 3 aromatic rings. The molecule has 22 heavy (non-hydrogen) atoms. The minimum atomic E-state index is -0.449. The number of anilines is 1. The fourth-order valence-corrected chi connectivity index (χ4v) is 2.98. The molecule has 1 aliphatic heterocycles. The van der Waals surface area contributed by atoms with Crippen molar-refractivity contribution in [3.05, 3.63) is 29.3 Å². The summed E-state index contributed by atoms with van der Waals surface area (Å²) in [5.41, 5.74) is 1.41. The average molecular weight is 321 g/mol. The number of hydrogen-bond donors (Lipinski definition) is 0. The molecule has 0 bridgehead atoms. The number of rotatable bonds is 1. The van der Waals surface area contributed by atoms with Crippen LogP contribution in [0.1, 0.15) is 0 Å². The smallest absolute Gasteiger partial charge is 0.199 e. The lowest BCUT2D eigenvalue weighted by atomic mass is 10.2. The van der Waals surface area contributed by atoms with Crippen molar-refractivity contribution in [2.45, 2.75) is 0 Å². The van der Waals surface area contributed by atoms with Gasteiger partial charge in [0.2, 0.25) is 0 Å². The summed E-state index contributed by atoms with van der Waals surface area (Å²) in [7, 11) is 2.08. The zero-order valence-corrected chi connectivity index (χ0v) is 12.8. The Morgan fingerprint density at radius 1 is 1.18 bits per heavy atom. The second kappa shape index (κ2) is 5.03. The van der Waals surface area contributed by atoms with E-state index < -0.39 is 5.82 Å². The summed E-state index contributed by atoms with van der Waals surface area (Å²) < 4.78 is 15.9. The van der Waals surface area contributed by atoms with Crippen molar-refractivity contribution in [2.75, 3.05) is 38.1 Å². The molecule has 1 fully saturated rings. The molecule has 0 atom stereocenters. The van der Waals surface area contributed by atoms with Gasteiger partial charge in [-0.15, -0.1) is 0 Å². The van der Waals surface area contributed by atoms with Gasteiger partial charge in [0, 0.05) is 31.2 Å². The fraction of sp³-hybridized carbons (Fsp3) is 0.357. The number of likely N-dealkylation sites (N-methyl/N-ethyl adjacent to an activating group) is 1. The second-order valence-corrected chi connectivity index (χ2v) is 5.91. The molecule has 114 valence electrons. The van der Waals surface area contributed by atoms with Gasteiger partial charge in [0.1, 0.15) is 11.8 Å². The first-order valence-corrected chi connectivity index (χ1v) is 7.43. The van der Waals surface area contributed by atoms with Crippen LogP contribution in [0.4, 0.5) is 10.2 Å². The average Bonchev–Trinajstić information content (AvgIpc) is 2.97. The van der Waals surface area contributed by atoms with Crippen LogP contribution < -0.4 is 4.90 Å². The first-order valence-electron chi connectivity index (χ1n) is 7.05. The molecule has 0 aliphatic carbocycles. The molecule has 0 radical (unpaired) electrons. The van der Waals surface area contributed by atoms with Crippen LogP contribution in [0, 0.1) is 5.82 Å². The molecule has 6 nitrogen and oxygen atoms in total. The minimum absolute atomic E-state index is 0.260. The van der Waals surface area contributed by atoms with Gasteiger partial charge in [0.05, 0.1) is 5.52 Å². The molecule has 2 aromatic heterocycles. The molecule has 0 unspecified atom stereocenters. The summed E-state index contributed by atoms with van der Waals surface area (Å²) in [6.45, 7) is 3.52. The van der Waals surface area contributed by atoms with E-state index in [2.05, 4.69) is 31.9 Å². The second-order valence-electron chi connectivity index (χ2n) is 5.48. The zero-order valence-electron chi connectivity index (χ0n) is 12.0. The van der Waals surface area contributed by atoms with Crippen LogP contribution in [-0.4, -0.2) is 57.7 Å². The zero-order chi connectivity index (χ0) is 15.3. The van der Waals surface area contributed by atoms with Crippen LogP contribution in [0.5, 0.6) is 0 Å². The summed E-state index contributed by atoms with van der Waals surface area (Å²) in [4.78, 5) is 13.2. The molecule has 3 heterocycles. The van der Waals surface area contributed by atoms with Gasteiger partial charge in [0.25, 0.3) is 0 Å². The largest absolute Gasteiger partial charge is 0.351 e. The van der Waals surface area contributed by atoms with Crippen molar-refractivity contribution >= 4 is 34.1 Å². The first-order chi connectivity index (χ1) is 10.6. The number of halogens is 2. The number of aromatic nitrogens is 4. The van der Waals surface area contributed by atoms with E-state index in [1.165, 1.54) is 12.4 Å². The Kier molecular flexibility index (Phi) is 3.12. The van der Waals surface area contributed by atoms with E-state index in [9.17, 15) is 4.39 Å². The molecule has 0 N–H and O–H groups in total. The maximum absolute atomic E-state index is 14.3. The van der Waals surface area contributed by atoms with Crippen molar-refractivity contribution in [1.82, 2.24) is 24.5 Å². The van der Waals surface area contributed by atoms with E-state index in [1.54, 1.807) is 10.6 Å². The highest BCUT2D eigenvalue weighted by Crippen LogP contribution is 2.27. The van der Waals surface area contributed by atoms with E-state index >= 15 is 0 Å².